The minimum Gasteiger partial charge on any atom is -0.456 e. The van der Waals surface area contributed by atoms with Crippen molar-refractivity contribution in [1.82, 2.24) is 0 Å². The molecule has 102 valence electrons. The lowest BCUT2D eigenvalue weighted by Gasteiger charge is -2.05. The lowest BCUT2D eigenvalue weighted by atomic mass is 10.0. The van der Waals surface area contributed by atoms with E-state index in [9.17, 15) is 13.6 Å². The van der Waals surface area contributed by atoms with Crippen LogP contribution in [0.4, 0.5) is 8.78 Å². The van der Waals surface area contributed by atoms with Crippen LogP contribution in [-0.4, -0.2) is 0 Å². The second kappa shape index (κ2) is 4.12. The van der Waals surface area contributed by atoms with Crippen molar-refractivity contribution in [2.75, 3.05) is 0 Å². The maximum atomic E-state index is 14.0. The number of fused-ring (bicyclic) bond motifs is 4. The lowest BCUT2D eigenvalue weighted by Crippen LogP contribution is -2.06. The first kappa shape index (κ1) is 12.0. The highest BCUT2D eigenvalue weighted by molar-refractivity contribution is 6.08. The van der Waals surface area contributed by atoms with E-state index in [2.05, 4.69) is 0 Å². The number of hydrogen-bond donors (Lipinski definition) is 0. The summed E-state index contributed by atoms with van der Waals surface area (Å²) in [5, 5.41) is 1.42. The summed E-state index contributed by atoms with van der Waals surface area (Å²) in [6, 6.07) is 13.0. The van der Waals surface area contributed by atoms with Gasteiger partial charge in [-0.2, -0.15) is 0 Å². The van der Waals surface area contributed by atoms with Crippen molar-refractivity contribution >= 4 is 32.7 Å². The molecule has 0 aliphatic carbocycles. The molecular formula is C17H8F2O2. The third-order valence-corrected chi connectivity index (χ3v) is 3.62. The zero-order chi connectivity index (χ0) is 14.6. The quantitative estimate of drug-likeness (QED) is 0.354. The zero-order valence-corrected chi connectivity index (χ0v) is 10.7. The Hall–Kier alpha value is -2.75. The van der Waals surface area contributed by atoms with Crippen molar-refractivity contribution < 1.29 is 13.2 Å². The van der Waals surface area contributed by atoms with E-state index in [0.717, 1.165) is 11.5 Å². The highest BCUT2D eigenvalue weighted by Gasteiger charge is 2.16. The molecule has 0 bridgehead atoms. The molecule has 0 spiro atoms. The predicted octanol–water partition coefficient (Wildman–Crippen LogP) is 4.38. The highest BCUT2D eigenvalue weighted by Crippen LogP contribution is 2.27. The molecule has 0 unspecified atom stereocenters. The van der Waals surface area contributed by atoms with Gasteiger partial charge in [0.15, 0.2) is 11.6 Å². The lowest BCUT2D eigenvalue weighted by molar-refractivity contribution is 0.513. The van der Waals surface area contributed by atoms with Crippen molar-refractivity contribution in [2.24, 2.45) is 0 Å². The van der Waals surface area contributed by atoms with Gasteiger partial charge in [0.25, 0.3) is 0 Å². The second-order valence-electron chi connectivity index (χ2n) is 4.83. The molecule has 0 N–H and O–H groups in total. The van der Waals surface area contributed by atoms with Gasteiger partial charge in [0.05, 0.1) is 5.39 Å². The third kappa shape index (κ3) is 1.59. The standard InChI is InChI=1S/C17H8F2O2/c18-11-6-8-13-15(16(11)19)17(20)14-10-4-2-1-3-9(10)5-7-12(14)21-13/h1-8H. The Morgan fingerprint density at radius 1 is 0.810 bits per heavy atom. The van der Waals surface area contributed by atoms with Gasteiger partial charge >= 0.3 is 0 Å². The van der Waals surface area contributed by atoms with Crippen LogP contribution in [0.2, 0.25) is 0 Å². The smallest absolute Gasteiger partial charge is 0.204 e. The van der Waals surface area contributed by atoms with Gasteiger partial charge in [-0.1, -0.05) is 30.3 Å². The number of hydrogen-bond acceptors (Lipinski definition) is 2. The van der Waals surface area contributed by atoms with Crippen LogP contribution in [0, 0.1) is 11.6 Å². The largest absolute Gasteiger partial charge is 0.456 e. The molecule has 0 saturated heterocycles. The van der Waals surface area contributed by atoms with Crippen molar-refractivity contribution in [3.63, 3.8) is 0 Å². The summed E-state index contributed by atoms with van der Waals surface area (Å²) in [5.74, 6) is -2.23. The van der Waals surface area contributed by atoms with Crippen LogP contribution in [-0.2, 0) is 0 Å². The first-order valence-corrected chi connectivity index (χ1v) is 6.39. The van der Waals surface area contributed by atoms with Gasteiger partial charge in [0.1, 0.15) is 16.6 Å². The summed E-state index contributed by atoms with van der Waals surface area (Å²) in [6.07, 6.45) is 0. The van der Waals surface area contributed by atoms with E-state index in [1.807, 2.05) is 18.2 Å². The van der Waals surface area contributed by atoms with Gasteiger partial charge in [-0.15, -0.1) is 0 Å². The summed E-state index contributed by atoms with van der Waals surface area (Å²) in [4.78, 5) is 12.6. The monoisotopic (exact) mass is 282 g/mol. The Balaban J connectivity index is 2.36. The summed E-state index contributed by atoms with van der Waals surface area (Å²) in [6.45, 7) is 0. The van der Waals surface area contributed by atoms with Gasteiger partial charge in [-0.3, -0.25) is 4.79 Å². The van der Waals surface area contributed by atoms with Crippen molar-refractivity contribution in [2.45, 2.75) is 0 Å². The number of rotatable bonds is 0. The molecule has 4 heteroatoms. The molecule has 0 aliphatic rings. The molecule has 4 aromatic rings. The predicted molar refractivity (Wildman–Crippen MR) is 77.4 cm³/mol. The van der Waals surface area contributed by atoms with Crippen molar-refractivity contribution in [3.05, 3.63) is 70.4 Å². The zero-order valence-electron chi connectivity index (χ0n) is 10.7. The molecule has 0 aliphatic heterocycles. The van der Waals surface area contributed by atoms with Crippen LogP contribution in [0.15, 0.2) is 57.7 Å². The molecule has 0 saturated carbocycles. The van der Waals surface area contributed by atoms with Crippen LogP contribution >= 0.6 is 0 Å². The molecule has 1 heterocycles. The summed E-state index contributed by atoms with van der Waals surface area (Å²) in [7, 11) is 0. The first-order chi connectivity index (χ1) is 10.2. The third-order valence-electron chi connectivity index (χ3n) is 3.62. The number of benzene rings is 3. The Morgan fingerprint density at radius 3 is 2.38 bits per heavy atom. The Kier molecular flexibility index (Phi) is 2.36. The molecule has 0 atom stereocenters. The maximum Gasteiger partial charge on any atom is 0.204 e. The average molecular weight is 282 g/mol. The van der Waals surface area contributed by atoms with Gasteiger partial charge in [-0.25, -0.2) is 8.78 Å². The second-order valence-corrected chi connectivity index (χ2v) is 4.83. The van der Waals surface area contributed by atoms with E-state index < -0.39 is 17.1 Å². The van der Waals surface area contributed by atoms with Crippen LogP contribution in [0.25, 0.3) is 32.7 Å². The Labute approximate surface area is 117 Å². The molecule has 1 aromatic heterocycles. The Morgan fingerprint density at radius 2 is 1.52 bits per heavy atom. The molecule has 21 heavy (non-hydrogen) atoms. The fourth-order valence-corrected chi connectivity index (χ4v) is 2.64. The van der Waals surface area contributed by atoms with Crippen LogP contribution < -0.4 is 5.43 Å². The maximum absolute atomic E-state index is 14.0. The van der Waals surface area contributed by atoms with Crippen molar-refractivity contribution in [3.8, 4) is 0 Å². The first-order valence-electron chi connectivity index (χ1n) is 6.39. The van der Waals surface area contributed by atoms with E-state index in [4.69, 9.17) is 4.42 Å². The fourth-order valence-electron chi connectivity index (χ4n) is 2.64. The van der Waals surface area contributed by atoms with Crippen LogP contribution in [0.3, 0.4) is 0 Å². The fraction of sp³-hybridized carbons (Fsp3) is 0. The van der Waals surface area contributed by atoms with Crippen LogP contribution in [0.5, 0.6) is 0 Å². The minimum atomic E-state index is -1.17. The summed E-state index contributed by atoms with van der Waals surface area (Å²) >= 11 is 0. The van der Waals surface area contributed by atoms with Gasteiger partial charge in [-0.05, 0) is 29.0 Å². The molecule has 3 aromatic carbocycles. The molecule has 2 nitrogen and oxygen atoms in total. The summed E-state index contributed by atoms with van der Waals surface area (Å²) < 4.78 is 32.9. The molecule has 0 radical (unpaired) electrons. The van der Waals surface area contributed by atoms with Gasteiger partial charge < -0.3 is 4.42 Å². The van der Waals surface area contributed by atoms with Crippen molar-refractivity contribution in [1.29, 1.82) is 0 Å². The highest BCUT2D eigenvalue weighted by atomic mass is 19.2. The SMILES string of the molecule is O=c1c2c(F)c(F)ccc2oc2ccc3ccccc3c12. The normalized spacial score (nSPS) is 11.5. The molecule has 0 amide bonds. The van der Waals surface area contributed by atoms with E-state index in [0.29, 0.717) is 11.0 Å². The van der Waals surface area contributed by atoms with Crippen LogP contribution in [0.1, 0.15) is 0 Å². The summed E-state index contributed by atoms with van der Waals surface area (Å²) in [5.41, 5.74) is -0.154. The average Bonchev–Trinajstić information content (AvgIpc) is 2.50. The topological polar surface area (TPSA) is 30.2 Å². The molecule has 4 rings (SSSR count). The Bertz CT molecular complexity index is 1080. The van der Waals surface area contributed by atoms with Gasteiger partial charge in [0, 0.05) is 0 Å². The van der Waals surface area contributed by atoms with E-state index in [1.54, 1.807) is 18.2 Å². The van der Waals surface area contributed by atoms with E-state index in [1.165, 1.54) is 6.07 Å². The molecule has 0 fully saturated rings. The van der Waals surface area contributed by atoms with E-state index >= 15 is 0 Å². The van der Waals surface area contributed by atoms with E-state index in [-0.39, 0.29) is 16.4 Å². The van der Waals surface area contributed by atoms with Gasteiger partial charge in [0.2, 0.25) is 5.43 Å². The number of halogens is 2. The minimum absolute atomic E-state index is 0.0432. The molecular weight excluding hydrogens is 274 g/mol.